The maximum atomic E-state index is 13.2. The van der Waals surface area contributed by atoms with Crippen molar-refractivity contribution < 1.29 is 9.59 Å². The van der Waals surface area contributed by atoms with Gasteiger partial charge in [0.25, 0.3) is 5.91 Å². The summed E-state index contributed by atoms with van der Waals surface area (Å²) in [5, 5.41) is 0. The summed E-state index contributed by atoms with van der Waals surface area (Å²) in [7, 11) is 0. The molecule has 25 heavy (non-hydrogen) atoms. The molecule has 2 saturated heterocycles. The highest BCUT2D eigenvalue weighted by atomic mass is 16.2. The van der Waals surface area contributed by atoms with Crippen molar-refractivity contribution in [2.24, 2.45) is 16.6 Å². The molecule has 1 aromatic rings. The highest BCUT2D eigenvalue weighted by Crippen LogP contribution is 2.41. The van der Waals surface area contributed by atoms with E-state index < -0.39 is 5.91 Å². The molecular formula is C18H27N5O2. The van der Waals surface area contributed by atoms with Crippen LogP contribution in [0.1, 0.15) is 50.5 Å². The topological polar surface area (TPSA) is 92.4 Å². The van der Waals surface area contributed by atoms with Gasteiger partial charge in [0.1, 0.15) is 11.5 Å². The van der Waals surface area contributed by atoms with E-state index in [4.69, 9.17) is 5.73 Å². The van der Waals surface area contributed by atoms with Crippen LogP contribution >= 0.6 is 0 Å². The van der Waals surface area contributed by atoms with E-state index in [0.717, 1.165) is 38.9 Å². The van der Waals surface area contributed by atoms with Crippen LogP contribution in [0.25, 0.3) is 0 Å². The van der Waals surface area contributed by atoms with E-state index in [-0.39, 0.29) is 22.4 Å². The first-order chi connectivity index (χ1) is 11.7. The number of piperidine rings is 1. The van der Waals surface area contributed by atoms with Crippen molar-refractivity contribution in [1.82, 2.24) is 14.9 Å². The van der Waals surface area contributed by atoms with Gasteiger partial charge in [-0.1, -0.05) is 20.8 Å². The number of aromatic nitrogens is 2. The molecule has 1 atom stereocenters. The number of amides is 2. The molecular weight excluding hydrogens is 318 g/mol. The van der Waals surface area contributed by atoms with Crippen molar-refractivity contribution in [3.8, 4) is 0 Å². The number of hydrogen-bond acceptors (Lipinski definition) is 5. The molecule has 0 saturated carbocycles. The van der Waals surface area contributed by atoms with Gasteiger partial charge in [-0.15, -0.1) is 0 Å². The summed E-state index contributed by atoms with van der Waals surface area (Å²) in [5.74, 6) is 0.289. The molecule has 2 fully saturated rings. The van der Waals surface area contributed by atoms with Crippen molar-refractivity contribution in [3.05, 3.63) is 18.1 Å². The molecule has 0 bridgehead atoms. The Morgan fingerprint density at radius 3 is 2.72 bits per heavy atom. The number of likely N-dealkylation sites (tertiary alicyclic amines) is 1. The second kappa shape index (κ2) is 6.28. The summed E-state index contributed by atoms with van der Waals surface area (Å²) in [6, 6.07) is 0. The third-order valence-electron chi connectivity index (χ3n) is 5.04. The summed E-state index contributed by atoms with van der Waals surface area (Å²) in [4.78, 5) is 36.9. The molecule has 3 heterocycles. The van der Waals surface area contributed by atoms with Crippen LogP contribution in [0.3, 0.4) is 0 Å². The molecule has 0 unspecified atom stereocenters. The normalized spacial score (nSPS) is 24.2. The molecule has 7 nitrogen and oxygen atoms in total. The third-order valence-corrected chi connectivity index (χ3v) is 5.04. The summed E-state index contributed by atoms with van der Waals surface area (Å²) in [5.41, 5.74) is 5.20. The van der Waals surface area contributed by atoms with Crippen LogP contribution in [0.5, 0.6) is 0 Å². The first-order valence-electron chi connectivity index (χ1n) is 8.86. The molecule has 2 aliphatic heterocycles. The van der Waals surface area contributed by atoms with E-state index in [9.17, 15) is 9.59 Å². The zero-order valence-electron chi connectivity index (χ0n) is 15.3. The van der Waals surface area contributed by atoms with Gasteiger partial charge in [-0.25, -0.2) is 4.98 Å². The number of nitrogens with two attached hydrogens (primary N) is 1. The molecule has 0 aliphatic carbocycles. The fourth-order valence-corrected chi connectivity index (χ4v) is 3.95. The molecule has 1 spiro atoms. The molecule has 2 aliphatic rings. The first kappa shape index (κ1) is 17.6. The average molecular weight is 345 g/mol. The van der Waals surface area contributed by atoms with Gasteiger partial charge in [-0.3, -0.25) is 14.6 Å². The van der Waals surface area contributed by atoms with Crippen molar-refractivity contribution in [2.45, 2.75) is 40.0 Å². The Kier molecular flexibility index (Phi) is 4.43. The van der Waals surface area contributed by atoms with Crippen LogP contribution in [-0.4, -0.2) is 52.9 Å². The van der Waals surface area contributed by atoms with Crippen molar-refractivity contribution in [1.29, 1.82) is 0 Å². The molecule has 136 valence electrons. The van der Waals surface area contributed by atoms with Gasteiger partial charge in [0.2, 0.25) is 5.91 Å². The summed E-state index contributed by atoms with van der Waals surface area (Å²) in [6.45, 7) is 9.48. The Hall–Kier alpha value is -2.18. The van der Waals surface area contributed by atoms with Crippen LogP contribution in [0, 0.1) is 10.8 Å². The van der Waals surface area contributed by atoms with Crippen LogP contribution in [0.4, 0.5) is 5.82 Å². The number of rotatable bonds is 3. The lowest BCUT2D eigenvalue weighted by atomic mass is 9.77. The van der Waals surface area contributed by atoms with E-state index in [2.05, 4.69) is 35.6 Å². The lowest BCUT2D eigenvalue weighted by Crippen LogP contribution is -2.52. The van der Waals surface area contributed by atoms with Gasteiger partial charge in [-0.05, 0) is 24.7 Å². The van der Waals surface area contributed by atoms with Crippen molar-refractivity contribution >= 4 is 17.6 Å². The number of anilines is 1. The van der Waals surface area contributed by atoms with Gasteiger partial charge in [-0.2, -0.15) is 0 Å². The number of primary amides is 1. The van der Waals surface area contributed by atoms with Gasteiger partial charge >= 0.3 is 0 Å². The van der Waals surface area contributed by atoms with E-state index in [1.54, 1.807) is 6.20 Å². The highest BCUT2D eigenvalue weighted by molar-refractivity contribution is 5.90. The second-order valence-corrected chi connectivity index (χ2v) is 8.47. The zero-order valence-corrected chi connectivity index (χ0v) is 15.3. The Labute approximate surface area is 148 Å². The van der Waals surface area contributed by atoms with Gasteiger partial charge in [0, 0.05) is 26.2 Å². The minimum absolute atomic E-state index is 0.0910. The highest BCUT2D eigenvalue weighted by Gasteiger charge is 2.49. The summed E-state index contributed by atoms with van der Waals surface area (Å²) >= 11 is 0. The molecule has 2 N–H and O–H groups in total. The molecule has 0 aromatic carbocycles. The molecule has 0 radical (unpaired) electrons. The van der Waals surface area contributed by atoms with E-state index >= 15 is 0 Å². The lowest BCUT2D eigenvalue weighted by Gasteiger charge is -2.41. The molecule has 3 rings (SSSR count). The maximum Gasteiger partial charge on any atom is 0.268 e. The van der Waals surface area contributed by atoms with Crippen molar-refractivity contribution in [3.63, 3.8) is 0 Å². The summed E-state index contributed by atoms with van der Waals surface area (Å²) < 4.78 is 0. The van der Waals surface area contributed by atoms with E-state index in [0.29, 0.717) is 12.4 Å². The van der Waals surface area contributed by atoms with Gasteiger partial charge < -0.3 is 15.5 Å². The lowest BCUT2D eigenvalue weighted by molar-refractivity contribution is -0.146. The minimum Gasteiger partial charge on any atom is -0.364 e. The second-order valence-electron chi connectivity index (χ2n) is 8.47. The van der Waals surface area contributed by atoms with E-state index in [1.807, 2.05) is 4.90 Å². The molecule has 2 amide bonds. The largest absolute Gasteiger partial charge is 0.364 e. The monoisotopic (exact) mass is 345 g/mol. The number of carbonyl (C=O) groups excluding carboxylic acids is 2. The molecule has 1 aromatic heterocycles. The maximum absolute atomic E-state index is 13.2. The number of nitrogens with zero attached hydrogens (tertiary/aromatic N) is 4. The van der Waals surface area contributed by atoms with Crippen LogP contribution in [-0.2, 0) is 4.79 Å². The van der Waals surface area contributed by atoms with Crippen molar-refractivity contribution in [2.75, 3.05) is 31.1 Å². The SMILES string of the molecule is CC(C)(C)CN1CCC[C@@]2(CCN(c3cncc(C(N)=O)n3)C2)C1=O. The van der Waals surface area contributed by atoms with Gasteiger partial charge in [0.15, 0.2) is 0 Å². The number of carbonyl (C=O) groups is 2. The fourth-order valence-electron chi connectivity index (χ4n) is 3.95. The Morgan fingerprint density at radius 1 is 1.28 bits per heavy atom. The minimum atomic E-state index is -0.589. The summed E-state index contributed by atoms with van der Waals surface area (Å²) in [6.07, 6.45) is 5.75. The van der Waals surface area contributed by atoms with Crippen LogP contribution in [0.15, 0.2) is 12.4 Å². The fraction of sp³-hybridized carbons (Fsp3) is 0.667. The third kappa shape index (κ3) is 3.60. The van der Waals surface area contributed by atoms with E-state index in [1.165, 1.54) is 6.20 Å². The first-order valence-corrected chi connectivity index (χ1v) is 8.86. The van der Waals surface area contributed by atoms with Gasteiger partial charge in [0.05, 0.1) is 17.8 Å². The Morgan fingerprint density at radius 2 is 2.04 bits per heavy atom. The van der Waals surface area contributed by atoms with Crippen LogP contribution in [0.2, 0.25) is 0 Å². The quantitative estimate of drug-likeness (QED) is 0.895. The Bertz CT molecular complexity index is 684. The average Bonchev–Trinajstić information content (AvgIpc) is 2.96. The molecule has 7 heteroatoms. The predicted molar refractivity (Wildman–Crippen MR) is 95.1 cm³/mol. The standard InChI is InChI=1S/C18H27N5O2/c1-17(2,3)11-23-7-4-5-18(16(23)25)6-8-22(12-18)14-10-20-9-13(21-14)15(19)24/h9-10H,4-8,11-12H2,1-3H3,(H2,19,24)/t18-/m0/s1. The Balaban J connectivity index is 1.77. The number of hydrogen-bond donors (Lipinski definition) is 1. The van der Waals surface area contributed by atoms with Crippen LogP contribution < -0.4 is 10.6 Å². The predicted octanol–water partition coefficient (Wildman–Crippen LogP) is 1.44. The zero-order chi connectivity index (χ0) is 18.2. The smallest absolute Gasteiger partial charge is 0.268 e.